The van der Waals surface area contributed by atoms with Gasteiger partial charge in [-0.05, 0) is 81.0 Å². The molecule has 2 unspecified atom stereocenters. The van der Waals surface area contributed by atoms with E-state index in [1.54, 1.807) is 0 Å². The molecule has 0 radical (unpaired) electrons. The molecule has 1 saturated heterocycles. The first-order valence-corrected chi connectivity index (χ1v) is 11.5. The lowest BCUT2D eigenvalue weighted by Crippen LogP contribution is -2.47. The maximum Gasteiger partial charge on any atom is 0.226 e. The normalized spacial score (nSPS) is 34.2. The van der Waals surface area contributed by atoms with Crippen LogP contribution in [-0.4, -0.2) is 50.1 Å². The number of benzene rings is 1. The van der Waals surface area contributed by atoms with Crippen molar-refractivity contribution in [2.45, 2.75) is 38.5 Å². The largest absolute Gasteiger partial charge is 0.369 e. The zero-order valence-electron chi connectivity index (χ0n) is 16.7. The van der Waals surface area contributed by atoms with Gasteiger partial charge in [0, 0.05) is 43.4 Å². The zero-order valence-corrected chi connectivity index (χ0v) is 17.5. The second kappa shape index (κ2) is 7.53. The second-order valence-electron chi connectivity index (χ2n) is 9.62. The van der Waals surface area contributed by atoms with Gasteiger partial charge in [-0.3, -0.25) is 9.69 Å². The first-order chi connectivity index (χ1) is 13.6. The lowest BCUT2D eigenvalue weighted by atomic mass is 9.75. The molecule has 4 aliphatic carbocycles. The van der Waals surface area contributed by atoms with Crippen molar-refractivity contribution in [2.24, 2.45) is 23.2 Å². The Labute approximate surface area is 173 Å². The summed E-state index contributed by atoms with van der Waals surface area (Å²) in [5.74, 6) is 2.77. The van der Waals surface area contributed by atoms with Crippen molar-refractivity contribution in [1.82, 2.24) is 10.2 Å². The van der Waals surface area contributed by atoms with Crippen molar-refractivity contribution >= 4 is 23.2 Å². The molecule has 4 atom stereocenters. The number of amides is 1. The highest BCUT2D eigenvalue weighted by Crippen LogP contribution is 2.65. The van der Waals surface area contributed by atoms with E-state index in [0.29, 0.717) is 11.8 Å². The van der Waals surface area contributed by atoms with Gasteiger partial charge in [-0.1, -0.05) is 17.7 Å². The fraction of sp³-hybridized carbons (Fsp3) is 0.696. The molecule has 4 nitrogen and oxygen atoms in total. The third kappa shape index (κ3) is 3.43. The Kier molecular flexibility index (Phi) is 5.04. The molecule has 4 bridgehead atoms. The number of carbonyl (C=O) groups excluding carboxylic acids is 1. The topological polar surface area (TPSA) is 35.6 Å². The van der Waals surface area contributed by atoms with Crippen LogP contribution >= 0.6 is 11.6 Å². The Morgan fingerprint density at radius 1 is 1.11 bits per heavy atom. The molecule has 4 saturated carbocycles. The van der Waals surface area contributed by atoms with E-state index in [4.69, 9.17) is 11.6 Å². The van der Waals surface area contributed by atoms with E-state index in [1.807, 2.05) is 12.1 Å². The number of hydrogen-bond acceptors (Lipinski definition) is 3. The third-order valence-electron chi connectivity index (χ3n) is 7.92. The summed E-state index contributed by atoms with van der Waals surface area (Å²) in [6.45, 7) is 6.15. The van der Waals surface area contributed by atoms with E-state index in [9.17, 15) is 4.79 Å². The number of hydrogen-bond donors (Lipinski definition) is 1. The SMILES string of the molecule is O=C(NCCCN1CCN(c2cccc(Cl)c2)CC1)C12C[C@@H]3CC1C[C@@H](C3)C2. The van der Waals surface area contributed by atoms with Crippen molar-refractivity contribution in [1.29, 1.82) is 0 Å². The van der Waals surface area contributed by atoms with Crippen LogP contribution in [0.5, 0.6) is 0 Å². The maximum atomic E-state index is 13.0. The van der Waals surface area contributed by atoms with Gasteiger partial charge in [0.15, 0.2) is 0 Å². The minimum absolute atomic E-state index is 0.0240. The third-order valence-corrected chi connectivity index (χ3v) is 8.16. The van der Waals surface area contributed by atoms with Crippen LogP contribution in [0.4, 0.5) is 5.69 Å². The predicted molar refractivity (Wildman–Crippen MR) is 114 cm³/mol. The second-order valence-corrected chi connectivity index (χ2v) is 10.1. The van der Waals surface area contributed by atoms with Crippen molar-refractivity contribution in [3.8, 4) is 0 Å². The fourth-order valence-electron chi connectivity index (χ4n) is 6.75. The zero-order chi connectivity index (χ0) is 19.1. The summed E-state index contributed by atoms with van der Waals surface area (Å²) in [4.78, 5) is 17.9. The molecule has 1 aromatic carbocycles. The standard InChI is InChI=1S/C23H32ClN3O/c24-20-3-1-4-21(14-20)27-9-7-26(8-10-27)6-2-5-25-22(28)23-15-17-11-18(16-23)13-19(23)12-17/h1,3-4,14,17-19H,2,5-13,15-16H2,(H,25,28)/t17-,18+,19?,23?. The molecule has 28 heavy (non-hydrogen) atoms. The van der Waals surface area contributed by atoms with E-state index >= 15 is 0 Å². The van der Waals surface area contributed by atoms with E-state index in [0.717, 1.165) is 62.5 Å². The lowest BCUT2D eigenvalue weighted by molar-refractivity contribution is -0.132. The number of piperazine rings is 1. The minimum atomic E-state index is 0.0240. The molecule has 152 valence electrons. The minimum Gasteiger partial charge on any atom is -0.369 e. The Bertz CT molecular complexity index is 716. The van der Waals surface area contributed by atoms with Crippen LogP contribution in [0.2, 0.25) is 5.02 Å². The fourth-order valence-corrected chi connectivity index (χ4v) is 6.93. The maximum absolute atomic E-state index is 13.0. The van der Waals surface area contributed by atoms with Crippen LogP contribution in [0.15, 0.2) is 24.3 Å². The average Bonchev–Trinajstić information content (AvgIpc) is 3.10. The molecular weight excluding hydrogens is 370 g/mol. The summed E-state index contributed by atoms with van der Waals surface area (Å²) in [6, 6.07) is 8.14. The van der Waals surface area contributed by atoms with Crippen molar-refractivity contribution in [3.05, 3.63) is 29.3 Å². The number of carbonyl (C=O) groups is 1. The smallest absolute Gasteiger partial charge is 0.226 e. The molecule has 1 aromatic rings. The van der Waals surface area contributed by atoms with Gasteiger partial charge in [-0.15, -0.1) is 0 Å². The van der Waals surface area contributed by atoms with Crippen LogP contribution in [0.1, 0.15) is 38.5 Å². The summed E-state index contributed by atoms with van der Waals surface area (Å²) >= 11 is 6.12. The molecular formula is C23H32ClN3O. The molecule has 6 rings (SSSR count). The number of nitrogens with one attached hydrogen (secondary N) is 1. The van der Waals surface area contributed by atoms with Crippen LogP contribution in [0, 0.1) is 23.2 Å². The van der Waals surface area contributed by atoms with Gasteiger partial charge in [0.25, 0.3) is 0 Å². The highest BCUT2D eigenvalue weighted by atomic mass is 35.5. The van der Waals surface area contributed by atoms with Gasteiger partial charge in [-0.25, -0.2) is 0 Å². The quantitative estimate of drug-likeness (QED) is 0.736. The van der Waals surface area contributed by atoms with Crippen molar-refractivity contribution in [3.63, 3.8) is 0 Å². The van der Waals surface area contributed by atoms with E-state index in [2.05, 4.69) is 27.2 Å². The predicted octanol–water partition coefficient (Wildman–Crippen LogP) is 3.79. The van der Waals surface area contributed by atoms with Crippen LogP contribution in [0.3, 0.4) is 0 Å². The van der Waals surface area contributed by atoms with E-state index in [1.165, 1.54) is 37.8 Å². The monoisotopic (exact) mass is 401 g/mol. The summed E-state index contributed by atoms with van der Waals surface area (Å²) < 4.78 is 0. The van der Waals surface area contributed by atoms with E-state index < -0.39 is 0 Å². The Balaban J connectivity index is 1.04. The van der Waals surface area contributed by atoms with Crippen molar-refractivity contribution in [2.75, 3.05) is 44.2 Å². The number of anilines is 1. The Hall–Kier alpha value is -1.26. The van der Waals surface area contributed by atoms with Gasteiger partial charge in [0.2, 0.25) is 5.91 Å². The Morgan fingerprint density at radius 3 is 2.57 bits per heavy atom. The van der Waals surface area contributed by atoms with Gasteiger partial charge in [0.1, 0.15) is 0 Å². The molecule has 1 amide bonds. The first kappa shape index (κ1) is 18.7. The molecule has 5 fully saturated rings. The molecule has 0 spiro atoms. The van der Waals surface area contributed by atoms with Crippen LogP contribution in [0.25, 0.3) is 0 Å². The van der Waals surface area contributed by atoms with Crippen LogP contribution < -0.4 is 10.2 Å². The summed E-state index contributed by atoms with van der Waals surface area (Å²) in [7, 11) is 0. The summed E-state index contributed by atoms with van der Waals surface area (Å²) in [5.41, 5.74) is 1.25. The van der Waals surface area contributed by atoms with Gasteiger partial charge < -0.3 is 10.2 Å². The number of halogens is 1. The van der Waals surface area contributed by atoms with E-state index in [-0.39, 0.29) is 5.41 Å². The highest BCUT2D eigenvalue weighted by Gasteiger charge is 2.61. The molecule has 5 aliphatic rings. The molecule has 1 aliphatic heterocycles. The van der Waals surface area contributed by atoms with Gasteiger partial charge in [-0.2, -0.15) is 0 Å². The lowest BCUT2D eigenvalue weighted by Gasteiger charge is -2.36. The number of rotatable bonds is 6. The van der Waals surface area contributed by atoms with Crippen molar-refractivity contribution < 1.29 is 4.79 Å². The Morgan fingerprint density at radius 2 is 1.86 bits per heavy atom. The van der Waals surface area contributed by atoms with Gasteiger partial charge >= 0.3 is 0 Å². The highest BCUT2D eigenvalue weighted by molar-refractivity contribution is 6.30. The first-order valence-electron chi connectivity index (χ1n) is 11.1. The average molecular weight is 402 g/mol. The molecule has 0 aromatic heterocycles. The molecule has 5 heteroatoms. The number of nitrogens with zero attached hydrogens (tertiary/aromatic N) is 2. The molecule has 1 N–H and O–H groups in total. The van der Waals surface area contributed by atoms with Crippen LogP contribution in [-0.2, 0) is 4.79 Å². The molecule has 1 heterocycles. The summed E-state index contributed by atoms with van der Waals surface area (Å²) in [6.07, 6.45) is 7.43. The van der Waals surface area contributed by atoms with Gasteiger partial charge in [0.05, 0.1) is 5.41 Å². The summed E-state index contributed by atoms with van der Waals surface area (Å²) in [5, 5.41) is 4.12.